The number of rotatable bonds is 8. The highest BCUT2D eigenvalue weighted by Gasteiger charge is 2.38. The number of hydrogen-bond acceptors (Lipinski definition) is 6. The van der Waals surface area contributed by atoms with E-state index in [1.54, 1.807) is 13.8 Å². The monoisotopic (exact) mass is 568 g/mol. The number of benzene rings is 2. The number of aliphatic hydroxyl groups is 1. The second kappa shape index (κ2) is 11.2. The highest BCUT2D eigenvalue weighted by atomic mass is 19.4. The smallest absolute Gasteiger partial charge is 0.406 e. The van der Waals surface area contributed by atoms with Gasteiger partial charge < -0.3 is 20.5 Å². The number of alkyl halides is 9. The summed E-state index contributed by atoms with van der Waals surface area (Å²) in [7, 11) is 0. The van der Waals surface area contributed by atoms with Gasteiger partial charge in [-0.2, -0.15) is 31.3 Å². The Kier molecular flexibility index (Phi) is 8.53. The van der Waals surface area contributed by atoms with Crippen LogP contribution in [-0.4, -0.2) is 34.1 Å². The largest absolute Gasteiger partial charge is 0.573 e. The van der Waals surface area contributed by atoms with Crippen LogP contribution in [0, 0.1) is 5.92 Å². The second-order valence-corrected chi connectivity index (χ2v) is 8.60. The molecule has 0 amide bonds. The summed E-state index contributed by atoms with van der Waals surface area (Å²) in [6.45, 7) is 3.10. The van der Waals surface area contributed by atoms with E-state index in [9.17, 15) is 44.6 Å². The Hall–Kier alpha value is -3.75. The molecule has 0 radical (unpaired) electrons. The Bertz CT molecular complexity index is 1290. The third-order valence-electron chi connectivity index (χ3n) is 5.32. The van der Waals surface area contributed by atoms with E-state index in [4.69, 9.17) is 0 Å². The SMILES string of the molecule is CC(C)[C@@H](CO)Nc1nc(Nc2ccc(C(F)(F)F)cc2C(F)(F)F)cc(-c2cccc(OC(F)(F)F)c2)n1. The average Bonchev–Trinajstić information content (AvgIpc) is 2.80. The number of hydrogen-bond donors (Lipinski definition) is 3. The average molecular weight is 568 g/mol. The van der Waals surface area contributed by atoms with Crippen molar-refractivity contribution in [3.05, 3.63) is 59.7 Å². The Morgan fingerprint density at radius 2 is 1.56 bits per heavy atom. The normalized spacial score (nSPS) is 13.4. The van der Waals surface area contributed by atoms with Crippen molar-refractivity contribution in [2.45, 2.75) is 38.6 Å². The summed E-state index contributed by atoms with van der Waals surface area (Å²) >= 11 is 0. The molecule has 0 aliphatic heterocycles. The van der Waals surface area contributed by atoms with Crippen LogP contribution in [0.1, 0.15) is 25.0 Å². The van der Waals surface area contributed by atoms with Crippen molar-refractivity contribution in [1.82, 2.24) is 9.97 Å². The maximum Gasteiger partial charge on any atom is 0.573 e. The summed E-state index contributed by atoms with van der Waals surface area (Å²) in [5.74, 6) is -1.31. The van der Waals surface area contributed by atoms with Crippen molar-refractivity contribution in [2.75, 3.05) is 17.2 Å². The molecule has 2 aromatic carbocycles. The first kappa shape index (κ1) is 29.8. The Balaban J connectivity index is 2.11. The van der Waals surface area contributed by atoms with Crippen LogP contribution in [0.3, 0.4) is 0 Å². The molecule has 212 valence electrons. The van der Waals surface area contributed by atoms with Gasteiger partial charge in [0.15, 0.2) is 0 Å². The molecule has 0 saturated carbocycles. The quantitative estimate of drug-likeness (QED) is 0.249. The summed E-state index contributed by atoms with van der Waals surface area (Å²) in [5.41, 5.74) is -3.91. The summed E-state index contributed by atoms with van der Waals surface area (Å²) in [4.78, 5) is 8.24. The third-order valence-corrected chi connectivity index (χ3v) is 5.32. The molecule has 0 bridgehead atoms. The van der Waals surface area contributed by atoms with E-state index in [0.717, 1.165) is 18.2 Å². The zero-order valence-corrected chi connectivity index (χ0v) is 20.1. The molecule has 1 atom stereocenters. The van der Waals surface area contributed by atoms with Crippen LogP contribution in [0.5, 0.6) is 5.75 Å². The van der Waals surface area contributed by atoms with Gasteiger partial charge in [-0.05, 0) is 36.2 Å². The summed E-state index contributed by atoms with van der Waals surface area (Å²) in [5, 5.41) is 14.8. The van der Waals surface area contributed by atoms with E-state index in [1.807, 2.05) is 0 Å². The number of nitrogens with one attached hydrogen (secondary N) is 2. The Morgan fingerprint density at radius 1 is 0.872 bits per heavy atom. The van der Waals surface area contributed by atoms with Crippen molar-refractivity contribution in [2.24, 2.45) is 5.92 Å². The minimum atomic E-state index is -5.18. The van der Waals surface area contributed by atoms with Crippen molar-refractivity contribution in [3.63, 3.8) is 0 Å². The fourth-order valence-corrected chi connectivity index (χ4v) is 3.37. The Morgan fingerprint density at radius 3 is 2.13 bits per heavy atom. The van der Waals surface area contributed by atoms with Gasteiger partial charge in [-0.25, -0.2) is 4.98 Å². The van der Waals surface area contributed by atoms with Crippen molar-refractivity contribution in [1.29, 1.82) is 0 Å². The number of halogens is 9. The molecular formula is C24H21F9N4O2. The molecule has 15 heteroatoms. The Labute approximate surface area is 215 Å². The van der Waals surface area contributed by atoms with Gasteiger partial charge in [0.1, 0.15) is 11.6 Å². The number of nitrogens with zero attached hydrogens (tertiary/aromatic N) is 2. The lowest BCUT2D eigenvalue weighted by Crippen LogP contribution is -2.30. The van der Waals surface area contributed by atoms with Crippen molar-refractivity contribution >= 4 is 17.5 Å². The van der Waals surface area contributed by atoms with Crippen LogP contribution < -0.4 is 15.4 Å². The summed E-state index contributed by atoms with van der Waals surface area (Å²) in [6.07, 6.45) is -15.2. The predicted octanol–water partition coefficient (Wildman–Crippen LogP) is 7.25. The topological polar surface area (TPSA) is 79.3 Å². The molecule has 1 aromatic heterocycles. The zero-order chi connectivity index (χ0) is 29.2. The first-order valence-electron chi connectivity index (χ1n) is 11.1. The van der Waals surface area contributed by atoms with Gasteiger partial charge in [-0.15, -0.1) is 13.2 Å². The van der Waals surface area contributed by atoms with E-state index in [0.29, 0.717) is 12.1 Å². The molecule has 3 aromatic rings. The fraction of sp³-hybridized carbons (Fsp3) is 0.333. The molecule has 0 aliphatic carbocycles. The molecule has 0 spiro atoms. The summed E-state index contributed by atoms with van der Waals surface area (Å²) in [6, 6.07) is 6.04. The number of anilines is 3. The van der Waals surface area contributed by atoms with Crippen LogP contribution in [0.15, 0.2) is 48.5 Å². The lowest BCUT2D eigenvalue weighted by atomic mass is 10.1. The molecule has 1 heterocycles. The molecule has 0 fully saturated rings. The molecule has 6 nitrogen and oxygen atoms in total. The van der Waals surface area contributed by atoms with Crippen LogP contribution in [0.25, 0.3) is 11.3 Å². The second-order valence-electron chi connectivity index (χ2n) is 8.60. The van der Waals surface area contributed by atoms with Gasteiger partial charge in [0, 0.05) is 11.6 Å². The predicted molar refractivity (Wildman–Crippen MR) is 123 cm³/mol. The van der Waals surface area contributed by atoms with E-state index < -0.39 is 47.3 Å². The minimum absolute atomic E-state index is 0.0535. The van der Waals surface area contributed by atoms with Crippen molar-refractivity contribution < 1.29 is 49.4 Å². The minimum Gasteiger partial charge on any atom is -0.406 e. The molecule has 3 N–H and O–H groups in total. The lowest BCUT2D eigenvalue weighted by molar-refractivity contribution is -0.274. The van der Waals surface area contributed by atoms with Crippen LogP contribution in [-0.2, 0) is 12.4 Å². The molecular weight excluding hydrogens is 547 g/mol. The highest BCUT2D eigenvalue weighted by molar-refractivity contribution is 5.70. The molecule has 0 aliphatic rings. The maximum absolute atomic E-state index is 13.6. The van der Waals surface area contributed by atoms with Gasteiger partial charge in [0.2, 0.25) is 5.95 Å². The van der Waals surface area contributed by atoms with E-state index >= 15 is 0 Å². The standard InChI is InChI=1S/C24H21F9N4O2/c1-12(2)19(11-38)36-21-35-18(13-4-3-5-15(8-13)39-24(31,32)33)10-20(37-21)34-17-7-6-14(22(25,26)27)9-16(17)23(28,29)30/h3-10,12,19,38H,11H2,1-2H3,(H2,34,35,36,37)/t19-/m1/s1. The highest BCUT2D eigenvalue weighted by Crippen LogP contribution is 2.40. The van der Waals surface area contributed by atoms with Gasteiger partial charge in [-0.3, -0.25) is 0 Å². The molecule has 0 saturated heterocycles. The fourth-order valence-electron chi connectivity index (χ4n) is 3.37. The van der Waals surface area contributed by atoms with Gasteiger partial charge in [-0.1, -0.05) is 26.0 Å². The molecule has 3 rings (SSSR count). The van der Waals surface area contributed by atoms with Crippen LogP contribution >= 0.6 is 0 Å². The van der Waals surface area contributed by atoms with E-state index in [-0.39, 0.29) is 41.6 Å². The number of ether oxygens (including phenoxy) is 1. The van der Waals surface area contributed by atoms with E-state index in [1.165, 1.54) is 12.1 Å². The first-order chi connectivity index (χ1) is 18.0. The number of aromatic nitrogens is 2. The van der Waals surface area contributed by atoms with Gasteiger partial charge >= 0.3 is 18.7 Å². The van der Waals surface area contributed by atoms with Gasteiger partial charge in [0.05, 0.1) is 35.2 Å². The van der Waals surface area contributed by atoms with Crippen molar-refractivity contribution in [3.8, 4) is 17.0 Å². The van der Waals surface area contributed by atoms with Gasteiger partial charge in [0.25, 0.3) is 0 Å². The summed E-state index contributed by atoms with van der Waals surface area (Å²) < 4.78 is 122. The number of aliphatic hydroxyl groups excluding tert-OH is 1. The van der Waals surface area contributed by atoms with Crippen LogP contribution in [0.2, 0.25) is 0 Å². The van der Waals surface area contributed by atoms with Crippen LogP contribution in [0.4, 0.5) is 57.0 Å². The molecule has 39 heavy (non-hydrogen) atoms. The molecule has 0 unspecified atom stereocenters. The zero-order valence-electron chi connectivity index (χ0n) is 20.1. The maximum atomic E-state index is 13.6. The third kappa shape index (κ3) is 8.12. The lowest BCUT2D eigenvalue weighted by Gasteiger charge is -2.21. The first-order valence-corrected chi connectivity index (χ1v) is 11.1. The van der Waals surface area contributed by atoms with E-state index in [2.05, 4.69) is 25.3 Å².